The molecule has 1 heterocycles. The molecule has 1 aromatic rings. The number of hydrogen-bond acceptors (Lipinski definition) is 3. The molecule has 2 rings (SSSR count). The summed E-state index contributed by atoms with van der Waals surface area (Å²) in [6.45, 7) is 4.17. The van der Waals surface area contributed by atoms with Crippen LogP contribution in [0, 0.1) is 5.92 Å². The molecule has 0 spiro atoms. The smallest absolute Gasteiger partial charge is 0.242 e. The third-order valence-corrected chi connectivity index (χ3v) is 3.84. The van der Waals surface area contributed by atoms with Crippen LogP contribution in [-0.4, -0.2) is 27.8 Å². The number of aryl methyl sites for hydroxylation is 1. The molecule has 0 radical (unpaired) electrons. The van der Waals surface area contributed by atoms with Gasteiger partial charge >= 0.3 is 0 Å². The predicted octanol–water partition coefficient (Wildman–Crippen LogP) is 1.92. The molecular weight excluding hydrogens is 240 g/mol. The van der Waals surface area contributed by atoms with Crippen molar-refractivity contribution in [2.75, 3.05) is 5.32 Å². The van der Waals surface area contributed by atoms with Gasteiger partial charge in [-0.25, -0.2) is 0 Å². The van der Waals surface area contributed by atoms with Gasteiger partial charge in [-0.1, -0.05) is 6.92 Å². The van der Waals surface area contributed by atoms with Crippen LogP contribution in [-0.2, 0) is 11.8 Å². The van der Waals surface area contributed by atoms with Crippen LogP contribution in [0.2, 0.25) is 0 Å². The van der Waals surface area contributed by atoms with Gasteiger partial charge in [0.05, 0.1) is 11.9 Å². The Hall–Kier alpha value is -1.52. The zero-order chi connectivity index (χ0) is 13.8. The highest BCUT2D eigenvalue weighted by molar-refractivity contribution is 5.84. The fourth-order valence-corrected chi connectivity index (χ4v) is 2.54. The van der Waals surface area contributed by atoms with E-state index in [1.807, 2.05) is 20.2 Å². The van der Waals surface area contributed by atoms with Crippen LogP contribution in [0.25, 0.3) is 0 Å². The first kappa shape index (κ1) is 13.9. The SMILES string of the molecule is CC1CCC(NC(=O)[C@@H](C)Nc2cnn(C)c2)CC1. The van der Waals surface area contributed by atoms with Crippen molar-refractivity contribution in [2.45, 2.75) is 51.6 Å². The topological polar surface area (TPSA) is 59.0 Å². The first-order chi connectivity index (χ1) is 9.04. The average Bonchev–Trinajstić information content (AvgIpc) is 2.77. The lowest BCUT2D eigenvalue weighted by Crippen LogP contribution is -2.44. The van der Waals surface area contributed by atoms with E-state index >= 15 is 0 Å². The van der Waals surface area contributed by atoms with E-state index in [9.17, 15) is 4.79 Å². The van der Waals surface area contributed by atoms with Crippen LogP contribution in [0.3, 0.4) is 0 Å². The van der Waals surface area contributed by atoms with Crippen LogP contribution in [0.15, 0.2) is 12.4 Å². The molecule has 1 fully saturated rings. The maximum Gasteiger partial charge on any atom is 0.242 e. The summed E-state index contributed by atoms with van der Waals surface area (Å²) in [5, 5.41) is 10.4. The van der Waals surface area contributed by atoms with Crippen molar-refractivity contribution in [2.24, 2.45) is 13.0 Å². The summed E-state index contributed by atoms with van der Waals surface area (Å²) in [5.41, 5.74) is 0.877. The molecule has 1 aliphatic rings. The van der Waals surface area contributed by atoms with E-state index < -0.39 is 0 Å². The minimum Gasteiger partial charge on any atom is -0.371 e. The van der Waals surface area contributed by atoms with E-state index in [1.54, 1.807) is 10.9 Å². The predicted molar refractivity (Wildman–Crippen MR) is 75.9 cm³/mol. The maximum absolute atomic E-state index is 12.1. The highest BCUT2D eigenvalue weighted by Crippen LogP contribution is 2.23. The molecule has 0 bridgehead atoms. The number of aromatic nitrogens is 2. The summed E-state index contributed by atoms with van der Waals surface area (Å²) in [4.78, 5) is 12.1. The van der Waals surface area contributed by atoms with E-state index in [0.29, 0.717) is 6.04 Å². The molecule has 1 saturated carbocycles. The summed E-state index contributed by atoms with van der Waals surface area (Å²) in [6, 6.07) is 0.116. The molecule has 19 heavy (non-hydrogen) atoms. The first-order valence-corrected chi connectivity index (χ1v) is 7.10. The third kappa shape index (κ3) is 3.98. The van der Waals surface area contributed by atoms with Crippen molar-refractivity contribution in [3.05, 3.63) is 12.4 Å². The average molecular weight is 264 g/mol. The molecule has 1 aromatic heterocycles. The maximum atomic E-state index is 12.1. The van der Waals surface area contributed by atoms with Crippen LogP contribution in [0.4, 0.5) is 5.69 Å². The molecule has 0 unspecified atom stereocenters. The number of carbonyl (C=O) groups is 1. The first-order valence-electron chi connectivity index (χ1n) is 7.10. The lowest BCUT2D eigenvalue weighted by Gasteiger charge is -2.28. The van der Waals surface area contributed by atoms with E-state index in [1.165, 1.54) is 12.8 Å². The van der Waals surface area contributed by atoms with Gasteiger partial charge in [-0.2, -0.15) is 5.10 Å². The highest BCUT2D eigenvalue weighted by atomic mass is 16.2. The van der Waals surface area contributed by atoms with E-state index in [4.69, 9.17) is 0 Å². The normalized spacial score (nSPS) is 24.8. The third-order valence-electron chi connectivity index (χ3n) is 3.84. The van der Waals surface area contributed by atoms with Crippen molar-refractivity contribution in [1.29, 1.82) is 0 Å². The van der Waals surface area contributed by atoms with E-state index in [-0.39, 0.29) is 11.9 Å². The Morgan fingerprint density at radius 1 is 1.42 bits per heavy atom. The second kappa shape index (κ2) is 6.08. The van der Waals surface area contributed by atoms with Crippen molar-refractivity contribution in [3.63, 3.8) is 0 Å². The summed E-state index contributed by atoms with van der Waals surface area (Å²) in [6.07, 6.45) is 8.24. The van der Waals surface area contributed by atoms with Gasteiger partial charge in [0.1, 0.15) is 6.04 Å². The molecule has 1 atom stereocenters. The number of rotatable bonds is 4. The summed E-state index contributed by atoms with van der Waals surface area (Å²) >= 11 is 0. The number of nitrogens with zero attached hydrogens (tertiary/aromatic N) is 2. The Morgan fingerprint density at radius 2 is 2.11 bits per heavy atom. The largest absolute Gasteiger partial charge is 0.371 e. The van der Waals surface area contributed by atoms with Crippen molar-refractivity contribution >= 4 is 11.6 Å². The molecule has 0 saturated heterocycles. The number of hydrogen-bond donors (Lipinski definition) is 2. The van der Waals surface area contributed by atoms with Gasteiger partial charge in [-0.15, -0.1) is 0 Å². The zero-order valence-electron chi connectivity index (χ0n) is 12.0. The standard InChI is InChI=1S/C14H24N4O/c1-10-4-6-12(7-5-10)17-14(19)11(2)16-13-8-15-18(3)9-13/h8-12,16H,4-7H2,1-3H3,(H,17,19)/t10?,11-,12?/m1/s1. The second-order valence-electron chi connectivity index (χ2n) is 5.73. The lowest BCUT2D eigenvalue weighted by atomic mass is 9.87. The molecule has 1 aliphatic carbocycles. The Morgan fingerprint density at radius 3 is 2.68 bits per heavy atom. The molecular formula is C14H24N4O. The number of amides is 1. The second-order valence-corrected chi connectivity index (χ2v) is 5.73. The van der Waals surface area contributed by atoms with Gasteiger partial charge in [0, 0.05) is 19.3 Å². The molecule has 106 valence electrons. The molecule has 0 aliphatic heterocycles. The fraction of sp³-hybridized carbons (Fsp3) is 0.714. The molecule has 1 amide bonds. The minimum absolute atomic E-state index is 0.0726. The van der Waals surface area contributed by atoms with Crippen LogP contribution in [0.5, 0.6) is 0 Å². The fourth-order valence-electron chi connectivity index (χ4n) is 2.54. The van der Waals surface area contributed by atoms with Gasteiger partial charge < -0.3 is 10.6 Å². The van der Waals surface area contributed by atoms with Crippen molar-refractivity contribution in [3.8, 4) is 0 Å². The number of nitrogens with one attached hydrogen (secondary N) is 2. The summed E-state index contributed by atoms with van der Waals surface area (Å²) in [5.74, 6) is 0.877. The van der Waals surface area contributed by atoms with Gasteiger partial charge in [0.15, 0.2) is 0 Å². The Labute approximate surface area is 114 Å². The van der Waals surface area contributed by atoms with Gasteiger partial charge in [0.2, 0.25) is 5.91 Å². The Bertz CT molecular complexity index is 421. The molecule has 2 N–H and O–H groups in total. The summed E-state index contributed by atoms with van der Waals surface area (Å²) < 4.78 is 1.72. The Balaban J connectivity index is 1.79. The lowest BCUT2D eigenvalue weighted by molar-refractivity contribution is -0.122. The number of anilines is 1. The highest BCUT2D eigenvalue weighted by Gasteiger charge is 2.22. The van der Waals surface area contributed by atoms with Crippen molar-refractivity contribution in [1.82, 2.24) is 15.1 Å². The Kier molecular flexibility index (Phi) is 4.45. The van der Waals surface area contributed by atoms with Crippen LogP contribution < -0.4 is 10.6 Å². The van der Waals surface area contributed by atoms with Gasteiger partial charge in [0.25, 0.3) is 0 Å². The summed E-state index contributed by atoms with van der Waals surface area (Å²) in [7, 11) is 1.86. The van der Waals surface area contributed by atoms with E-state index in [2.05, 4.69) is 22.7 Å². The van der Waals surface area contributed by atoms with E-state index in [0.717, 1.165) is 24.4 Å². The minimum atomic E-state index is -0.233. The van der Waals surface area contributed by atoms with Crippen molar-refractivity contribution < 1.29 is 4.79 Å². The molecule has 5 heteroatoms. The monoisotopic (exact) mass is 264 g/mol. The number of carbonyl (C=O) groups excluding carboxylic acids is 1. The van der Waals surface area contributed by atoms with Gasteiger partial charge in [-0.05, 0) is 38.5 Å². The van der Waals surface area contributed by atoms with Crippen LogP contribution in [0.1, 0.15) is 39.5 Å². The molecule has 0 aromatic carbocycles. The quantitative estimate of drug-likeness (QED) is 0.873. The zero-order valence-corrected chi connectivity index (χ0v) is 12.0. The van der Waals surface area contributed by atoms with Crippen LogP contribution >= 0.6 is 0 Å². The van der Waals surface area contributed by atoms with Gasteiger partial charge in [-0.3, -0.25) is 9.48 Å². The molecule has 5 nitrogen and oxygen atoms in total.